The molecule has 1 aliphatic carbocycles. The van der Waals surface area contributed by atoms with Crippen LogP contribution in [0.15, 0.2) is 0 Å². The van der Waals surface area contributed by atoms with Gasteiger partial charge in [-0.15, -0.1) is 13.2 Å². The number of methoxy groups -OCH3 is 1. The van der Waals surface area contributed by atoms with Crippen molar-refractivity contribution in [3.8, 4) is 0 Å². The van der Waals surface area contributed by atoms with E-state index in [0.717, 1.165) is 6.42 Å². The number of unbranched alkanes of at least 4 members (excludes halogenated alkanes) is 2. The van der Waals surface area contributed by atoms with Gasteiger partial charge in [-0.05, 0) is 56.5 Å². The van der Waals surface area contributed by atoms with E-state index in [9.17, 15) is 0 Å². The van der Waals surface area contributed by atoms with Crippen LogP contribution < -0.4 is 0 Å². The lowest BCUT2D eigenvalue weighted by Crippen LogP contribution is -2.35. The van der Waals surface area contributed by atoms with Gasteiger partial charge >= 0.3 is 0 Å². The van der Waals surface area contributed by atoms with E-state index in [2.05, 4.69) is 38.9 Å². The van der Waals surface area contributed by atoms with E-state index in [0.29, 0.717) is 24.0 Å². The Morgan fingerprint density at radius 1 is 1.08 bits per heavy atom. The molecule has 0 spiro atoms. The SMILES string of the molecule is C=P(C)(CC)CCCC1C(OC)CC(N(C)OC)C1CCCCC. The quantitative estimate of drug-likeness (QED) is 0.279. The molecule has 1 rings (SSSR count). The average Bonchev–Trinajstić information content (AvgIpc) is 2.92. The Morgan fingerprint density at radius 2 is 1.75 bits per heavy atom. The van der Waals surface area contributed by atoms with Gasteiger partial charge in [0.15, 0.2) is 0 Å². The topological polar surface area (TPSA) is 21.7 Å². The zero-order chi connectivity index (χ0) is 18.2. The standard InChI is InChI=1S/C20H42NO2P/c1-8-10-11-13-17-18(14-12-15-24(6,7)9-2)20(22-4)16-19(17)21(3)23-5/h17-20H,6,8-16H2,1-5,7H3. The summed E-state index contributed by atoms with van der Waals surface area (Å²) in [6.45, 7) is 6.06. The third-order valence-corrected chi connectivity index (χ3v) is 9.12. The van der Waals surface area contributed by atoms with Crippen LogP contribution in [0.25, 0.3) is 0 Å². The molecular weight excluding hydrogens is 317 g/mol. The van der Waals surface area contributed by atoms with Crippen LogP contribution in [-0.4, -0.2) is 63.8 Å². The summed E-state index contributed by atoms with van der Waals surface area (Å²) in [7, 11) is 5.76. The normalized spacial score (nSPS) is 30.0. The smallest absolute Gasteiger partial charge is 0.0618 e. The summed E-state index contributed by atoms with van der Waals surface area (Å²) in [5, 5.41) is 2.08. The molecule has 0 aliphatic heterocycles. The molecule has 3 nitrogen and oxygen atoms in total. The fourth-order valence-corrected chi connectivity index (χ4v) is 5.54. The minimum absolute atomic E-state index is 0.384. The molecule has 144 valence electrons. The molecule has 5 unspecified atom stereocenters. The third-order valence-electron chi connectivity index (χ3n) is 6.19. The number of hydrogen-bond donors (Lipinski definition) is 0. The second-order valence-corrected chi connectivity index (χ2v) is 12.2. The summed E-state index contributed by atoms with van der Waals surface area (Å²) in [6, 6.07) is 0.494. The van der Waals surface area contributed by atoms with Gasteiger partial charge in [0.2, 0.25) is 0 Å². The van der Waals surface area contributed by atoms with E-state index < -0.39 is 6.89 Å². The largest absolute Gasteiger partial charge is 0.381 e. The molecule has 24 heavy (non-hydrogen) atoms. The Labute approximate surface area is 151 Å². The highest BCUT2D eigenvalue weighted by molar-refractivity contribution is 7.72. The first-order valence-electron chi connectivity index (χ1n) is 9.88. The van der Waals surface area contributed by atoms with Crippen molar-refractivity contribution < 1.29 is 9.57 Å². The summed E-state index contributed by atoms with van der Waals surface area (Å²) in [5.41, 5.74) is 0. The molecule has 0 N–H and O–H groups in total. The number of hydroxylamine groups is 2. The van der Waals surface area contributed by atoms with Crippen LogP contribution in [0, 0.1) is 11.8 Å². The second-order valence-electron chi connectivity index (χ2n) is 7.93. The molecule has 0 saturated heterocycles. The maximum Gasteiger partial charge on any atom is 0.0618 e. The van der Waals surface area contributed by atoms with Crippen molar-refractivity contribution in [2.45, 2.75) is 70.9 Å². The zero-order valence-corrected chi connectivity index (χ0v) is 18.0. The van der Waals surface area contributed by atoms with Gasteiger partial charge in [-0.2, -0.15) is 5.06 Å². The number of hydrogen-bond acceptors (Lipinski definition) is 3. The van der Waals surface area contributed by atoms with E-state index in [4.69, 9.17) is 9.57 Å². The van der Waals surface area contributed by atoms with Gasteiger partial charge in [0.25, 0.3) is 0 Å². The second kappa shape index (κ2) is 11.0. The first-order chi connectivity index (χ1) is 11.4. The highest BCUT2D eigenvalue weighted by Gasteiger charge is 2.44. The molecule has 0 aromatic heterocycles. The molecule has 0 aromatic carbocycles. The van der Waals surface area contributed by atoms with Crippen LogP contribution >= 0.6 is 6.89 Å². The van der Waals surface area contributed by atoms with Gasteiger partial charge in [-0.1, -0.05) is 33.1 Å². The molecule has 5 atom stereocenters. The number of ether oxygens (including phenoxy) is 1. The van der Waals surface area contributed by atoms with Crippen molar-refractivity contribution in [3.05, 3.63) is 0 Å². The minimum Gasteiger partial charge on any atom is -0.381 e. The van der Waals surface area contributed by atoms with Crippen molar-refractivity contribution in [1.29, 1.82) is 0 Å². The Bertz CT molecular complexity index is 388. The summed E-state index contributed by atoms with van der Waals surface area (Å²) >= 11 is 0. The maximum atomic E-state index is 5.91. The molecule has 1 aliphatic rings. The van der Waals surface area contributed by atoms with Crippen LogP contribution in [0.5, 0.6) is 0 Å². The van der Waals surface area contributed by atoms with Crippen molar-refractivity contribution in [3.63, 3.8) is 0 Å². The Morgan fingerprint density at radius 3 is 2.29 bits per heavy atom. The fraction of sp³-hybridized carbons (Fsp3) is 0.950. The van der Waals surface area contributed by atoms with Crippen LogP contribution in [0.3, 0.4) is 0 Å². The van der Waals surface area contributed by atoms with Gasteiger partial charge in [0.05, 0.1) is 13.2 Å². The summed E-state index contributed by atoms with van der Waals surface area (Å²) in [4.78, 5) is 5.56. The number of nitrogens with zero attached hydrogens (tertiary/aromatic N) is 1. The lowest BCUT2D eigenvalue weighted by molar-refractivity contribution is -0.152. The molecule has 0 aromatic rings. The van der Waals surface area contributed by atoms with Crippen LogP contribution in [0.4, 0.5) is 0 Å². The summed E-state index contributed by atoms with van der Waals surface area (Å²) in [5.74, 6) is 1.37. The molecule has 0 heterocycles. The van der Waals surface area contributed by atoms with E-state index >= 15 is 0 Å². The molecule has 4 heteroatoms. The maximum absolute atomic E-state index is 5.91. The zero-order valence-electron chi connectivity index (χ0n) is 17.1. The summed E-state index contributed by atoms with van der Waals surface area (Å²) in [6.07, 6.45) is 16.4. The predicted molar refractivity (Wildman–Crippen MR) is 110 cm³/mol. The Balaban J connectivity index is 2.74. The van der Waals surface area contributed by atoms with Crippen molar-refractivity contribution in [2.75, 3.05) is 40.3 Å². The fourth-order valence-electron chi connectivity index (χ4n) is 4.28. The van der Waals surface area contributed by atoms with E-state index in [-0.39, 0.29) is 0 Å². The van der Waals surface area contributed by atoms with Crippen molar-refractivity contribution in [1.82, 2.24) is 5.06 Å². The van der Waals surface area contributed by atoms with E-state index in [1.54, 1.807) is 7.11 Å². The average molecular weight is 360 g/mol. The van der Waals surface area contributed by atoms with Gasteiger partial charge in [-0.25, -0.2) is 0 Å². The van der Waals surface area contributed by atoms with Gasteiger partial charge in [0, 0.05) is 20.2 Å². The number of rotatable bonds is 12. The molecule has 0 bridgehead atoms. The van der Waals surface area contributed by atoms with E-state index in [1.165, 1.54) is 50.8 Å². The van der Waals surface area contributed by atoms with Crippen LogP contribution in [0.2, 0.25) is 0 Å². The van der Waals surface area contributed by atoms with Crippen LogP contribution in [0.1, 0.15) is 58.8 Å². The molecule has 0 radical (unpaired) electrons. The first-order valence-corrected chi connectivity index (χ1v) is 12.7. The predicted octanol–water partition coefficient (Wildman–Crippen LogP) is 4.96. The molecular formula is C20H42NO2P. The molecule has 1 saturated carbocycles. The lowest BCUT2D eigenvalue weighted by Gasteiger charge is -2.31. The lowest BCUT2D eigenvalue weighted by atomic mass is 9.85. The summed E-state index contributed by atoms with van der Waals surface area (Å²) < 4.78 is 5.91. The van der Waals surface area contributed by atoms with Gasteiger partial charge < -0.3 is 9.57 Å². The Hall–Kier alpha value is 0.180. The van der Waals surface area contributed by atoms with Crippen LogP contribution in [-0.2, 0) is 9.57 Å². The van der Waals surface area contributed by atoms with Crippen molar-refractivity contribution in [2.24, 2.45) is 11.8 Å². The Kier molecular flexibility index (Phi) is 10.2. The van der Waals surface area contributed by atoms with Gasteiger partial charge in [-0.3, -0.25) is 0 Å². The van der Waals surface area contributed by atoms with E-state index in [1.807, 2.05) is 7.11 Å². The highest BCUT2D eigenvalue weighted by atomic mass is 31.2. The molecule has 0 amide bonds. The highest BCUT2D eigenvalue weighted by Crippen LogP contribution is 2.45. The first kappa shape index (κ1) is 22.2. The van der Waals surface area contributed by atoms with Crippen molar-refractivity contribution >= 4 is 13.2 Å². The van der Waals surface area contributed by atoms with Gasteiger partial charge in [0.1, 0.15) is 0 Å². The minimum atomic E-state index is -0.920. The third kappa shape index (κ3) is 6.48. The molecule has 1 fully saturated rings. The monoisotopic (exact) mass is 359 g/mol.